The van der Waals surface area contributed by atoms with Crippen LogP contribution in [-0.4, -0.2) is 12.1 Å². The lowest BCUT2D eigenvalue weighted by Gasteiger charge is -2.30. The summed E-state index contributed by atoms with van der Waals surface area (Å²) in [5, 5.41) is 3.66. The summed E-state index contributed by atoms with van der Waals surface area (Å²) in [6.07, 6.45) is 5.14. The molecule has 0 radical (unpaired) electrons. The molecule has 2 heteroatoms. The molecule has 1 aromatic carbocycles. The standard InChI is InChI=1S/C13H16FN/c14-10-3-1-9(2-4-10)12-7-5-11-6-8-13(12)15-11/h1-4,11-13,15H,5-8H2. The minimum atomic E-state index is -0.133. The van der Waals surface area contributed by atoms with Gasteiger partial charge in [-0.15, -0.1) is 0 Å². The van der Waals surface area contributed by atoms with Gasteiger partial charge in [-0.3, -0.25) is 0 Å². The van der Waals surface area contributed by atoms with Crippen molar-refractivity contribution in [3.63, 3.8) is 0 Å². The molecule has 0 aromatic heterocycles. The second-order valence-corrected chi connectivity index (χ2v) is 4.78. The highest BCUT2D eigenvalue weighted by molar-refractivity contribution is 5.24. The van der Waals surface area contributed by atoms with Crippen molar-refractivity contribution in [1.82, 2.24) is 5.32 Å². The van der Waals surface area contributed by atoms with Crippen LogP contribution in [0.4, 0.5) is 4.39 Å². The summed E-state index contributed by atoms with van der Waals surface area (Å²) in [4.78, 5) is 0. The molecule has 2 aliphatic heterocycles. The highest BCUT2D eigenvalue weighted by atomic mass is 19.1. The molecular formula is C13H16FN. The van der Waals surface area contributed by atoms with E-state index >= 15 is 0 Å². The largest absolute Gasteiger partial charge is 0.311 e. The fourth-order valence-electron chi connectivity index (χ4n) is 3.09. The summed E-state index contributed by atoms with van der Waals surface area (Å²) in [7, 11) is 0. The lowest BCUT2D eigenvalue weighted by molar-refractivity contribution is 0.359. The van der Waals surface area contributed by atoms with Crippen molar-refractivity contribution in [3.05, 3.63) is 35.6 Å². The Hall–Kier alpha value is -0.890. The number of halogens is 1. The second-order valence-electron chi connectivity index (χ2n) is 4.78. The Kier molecular flexibility index (Phi) is 2.24. The average Bonchev–Trinajstić information content (AvgIpc) is 2.63. The van der Waals surface area contributed by atoms with Gasteiger partial charge in [-0.25, -0.2) is 4.39 Å². The summed E-state index contributed by atoms with van der Waals surface area (Å²) in [6, 6.07) is 8.44. The quantitative estimate of drug-likeness (QED) is 0.743. The Morgan fingerprint density at radius 1 is 1.00 bits per heavy atom. The van der Waals surface area contributed by atoms with Gasteiger partial charge in [-0.2, -0.15) is 0 Å². The van der Waals surface area contributed by atoms with E-state index in [1.165, 1.54) is 31.2 Å². The van der Waals surface area contributed by atoms with E-state index in [4.69, 9.17) is 0 Å². The fourth-order valence-corrected chi connectivity index (χ4v) is 3.09. The van der Waals surface area contributed by atoms with Gasteiger partial charge in [0.15, 0.2) is 0 Å². The van der Waals surface area contributed by atoms with Crippen molar-refractivity contribution >= 4 is 0 Å². The summed E-state index contributed by atoms with van der Waals surface area (Å²) in [6.45, 7) is 0. The van der Waals surface area contributed by atoms with Crippen molar-refractivity contribution < 1.29 is 4.39 Å². The van der Waals surface area contributed by atoms with E-state index in [0.717, 1.165) is 6.04 Å². The summed E-state index contributed by atoms with van der Waals surface area (Å²) >= 11 is 0. The number of benzene rings is 1. The molecule has 0 spiro atoms. The first-order valence-corrected chi connectivity index (χ1v) is 5.84. The van der Waals surface area contributed by atoms with Gasteiger partial charge in [-0.05, 0) is 49.3 Å². The first-order valence-electron chi connectivity index (χ1n) is 5.84. The van der Waals surface area contributed by atoms with Crippen LogP contribution in [0.1, 0.15) is 37.2 Å². The molecule has 1 nitrogen and oxygen atoms in total. The third kappa shape index (κ3) is 1.67. The van der Waals surface area contributed by atoms with E-state index in [0.29, 0.717) is 12.0 Å². The van der Waals surface area contributed by atoms with Gasteiger partial charge in [0.2, 0.25) is 0 Å². The van der Waals surface area contributed by atoms with E-state index in [2.05, 4.69) is 5.32 Å². The Bertz CT molecular complexity index is 346. The van der Waals surface area contributed by atoms with Crippen LogP contribution in [0.5, 0.6) is 0 Å². The molecule has 0 aliphatic carbocycles. The van der Waals surface area contributed by atoms with Gasteiger partial charge in [0.05, 0.1) is 0 Å². The van der Waals surface area contributed by atoms with Crippen molar-refractivity contribution in [2.45, 2.75) is 43.7 Å². The zero-order chi connectivity index (χ0) is 10.3. The highest BCUT2D eigenvalue weighted by Gasteiger charge is 2.35. The fraction of sp³-hybridized carbons (Fsp3) is 0.538. The number of hydrogen-bond donors (Lipinski definition) is 1. The molecule has 0 saturated carbocycles. The molecule has 3 atom stereocenters. The maximum Gasteiger partial charge on any atom is 0.123 e. The lowest BCUT2D eigenvalue weighted by Crippen LogP contribution is -2.38. The van der Waals surface area contributed by atoms with Crippen molar-refractivity contribution in [2.24, 2.45) is 0 Å². The van der Waals surface area contributed by atoms with Crippen LogP contribution >= 0.6 is 0 Å². The third-order valence-corrected chi connectivity index (χ3v) is 3.89. The summed E-state index contributed by atoms with van der Waals surface area (Å²) in [5.41, 5.74) is 1.30. The average molecular weight is 205 g/mol. The number of nitrogens with one attached hydrogen (secondary N) is 1. The molecule has 15 heavy (non-hydrogen) atoms. The van der Waals surface area contributed by atoms with E-state index < -0.39 is 0 Å². The lowest BCUT2D eigenvalue weighted by atomic mass is 9.86. The van der Waals surface area contributed by atoms with Crippen LogP contribution in [0.25, 0.3) is 0 Å². The number of piperidine rings is 1. The van der Waals surface area contributed by atoms with Crippen molar-refractivity contribution in [2.75, 3.05) is 0 Å². The molecule has 3 rings (SSSR count). The molecular weight excluding hydrogens is 189 g/mol. The minimum absolute atomic E-state index is 0.133. The van der Waals surface area contributed by atoms with Gasteiger partial charge >= 0.3 is 0 Å². The first kappa shape index (κ1) is 9.34. The molecule has 2 fully saturated rings. The molecule has 2 bridgehead atoms. The van der Waals surface area contributed by atoms with E-state index in [1.807, 2.05) is 12.1 Å². The van der Waals surface area contributed by atoms with E-state index in [9.17, 15) is 4.39 Å². The predicted octanol–water partition coefficient (Wildman–Crippen LogP) is 2.82. The normalized spacial score (nSPS) is 34.3. The topological polar surface area (TPSA) is 12.0 Å². The molecule has 1 aromatic rings. The SMILES string of the molecule is Fc1ccc(C2CCC3CCC2N3)cc1. The number of hydrogen-bond acceptors (Lipinski definition) is 1. The Labute approximate surface area is 89.7 Å². The molecule has 2 aliphatic rings. The zero-order valence-electron chi connectivity index (χ0n) is 8.75. The third-order valence-electron chi connectivity index (χ3n) is 3.89. The van der Waals surface area contributed by atoms with E-state index in [1.54, 1.807) is 12.1 Å². The summed E-state index contributed by atoms with van der Waals surface area (Å²) < 4.78 is 12.8. The Morgan fingerprint density at radius 3 is 2.53 bits per heavy atom. The van der Waals surface area contributed by atoms with Gasteiger partial charge in [0.25, 0.3) is 0 Å². The van der Waals surface area contributed by atoms with Crippen LogP contribution in [0.15, 0.2) is 24.3 Å². The van der Waals surface area contributed by atoms with Crippen LogP contribution in [0.3, 0.4) is 0 Å². The first-order chi connectivity index (χ1) is 7.33. The summed E-state index contributed by atoms with van der Waals surface area (Å²) in [5.74, 6) is 0.469. The minimum Gasteiger partial charge on any atom is -0.311 e. The molecule has 80 valence electrons. The van der Waals surface area contributed by atoms with Gasteiger partial charge in [0.1, 0.15) is 5.82 Å². The monoisotopic (exact) mass is 205 g/mol. The molecule has 0 amide bonds. The number of rotatable bonds is 1. The van der Waals surface area contributed by atoms with Gasteiger partial charge < -0.3 is 5.32 Å². The maximum atomic E-state index is 12.8. The van der Waals surface area contributed by atoms with Crippen LogP contribution in [0, 0.1) is 5.82 Å². The smallest absolute Gasteiger partial charge is 0.123 e. The maximum absolute atomic E-state index is 12.8. The van der Waals surface area contributed by atoms with E-state index in [-0.39, 0.29) is 5.82 Å². The van der Waals surface area contributed by atoms with Crippen molar-refractivity contribution in [1.29, 1.82) is 0 Å². The Morgan fingerprint density at radius 2 is 1.73 bits per heavy atom. The molecule has 2 saturated heterocycles. The zero-order valence-corrected chi connectivity index (χ0v) is 8.75. The second kappa shape index (κ2) is 3.60. The van der Waals surface area contributed by atoms with Gasteiger partial charge in [-0.1, -0.05) is 12.1 Å². The molecule has 3 unspecified atom stereocenters. The van der Waals surface area contributed by atoms with Gasteiger partial charge in [0, 0.05) is 12.1 Å². The van der Waals surface area contributed by atoms with Crippen molar-refractivity contribution in [3.8, 4) is 0 Å². The molecule has 1 N–H and O–H groups in total. The predicted molar refractivity (Wildman–Crippen MR) is 58.3 cm³/mol. The van der Waals surface area contributed by atoms with Crippen LogP contribution in [-0.2, 0) is 0 Å². The number of fused-ring (bicyclic) bond motifs is 2. The van der Waals surface area contributed by atoms with Crippen LogP contribution in [0.2, 0.25) is 0 Å². The van der Waals surface area contributed by atoms with Crippen LogP contribution < -0.4 is 5.32 Å². The molecule has 2 heterocycles. The Balaban J connectivity index is 1.84. The highest BCUT2D eigenvalue weighted by Crippen LogP contribution is 2.37.